The van der Waals surface area contributed by atoms with Gasteiger partial charge in [-0.1, -0.05) is 0 Å². The Morgan fingerprint density at radius 1 is 0.889 bits per heavy atom. The zero-order chi connectivity index (χ0) is 13.2. The summed E-state index contributed by atoms with van der Waals surface area (Å²) >= 11 is 0. The van der Waals surface area contributed by atoms with Crippen molar-refractivity contribution in [1.29, 1.82) is 0 Å². The molecule has 0 amide bonds. The van der Waals surface area contributed by atoms with E-state index in [1.165, 1.54) is 12.1 Å². The van der Waals surface area contributed by atoms with Crippen LogP contribution < -0.4 is 10.5 Å². The summed E-state index contributed by atoms with van der Waals surface area (Å²) in [6, 6.07) is 12.6. The number of primary sulfonamides is 1. The fraction of sp³-hybridized carbons (Fsp3) is 0. The molecule has 0 aliphatic carbocycles. The number of anilines is 2. The molecule has 2 aromatic rings. The van der Waals surface area contributed by atoms with Crippen LogP contribution in [0.3, 0.4) is 0 Å². The third-order valence-electron chi connectivity index (χ3n) is 2.34. The maximum atomic E-state index is 11.1. The highest BCUT2D eigenvalue weighted by Gasteiger charge is 2.06. The minimum Gasteiger partial charge on any atom is -0.508 e. The molecule has 6 heteroatoms. The fourth-order valence-corrected chi connectivity index (χ4v) is 1.95. The van der Waals surface area contributed by atoms with E-state index in [2.05, 4.69) is 5.32 Å². The van der Waals surface area contributed by atoms with Crippen molar-refractivity contribution in [3.05, 3.63) is 48.5 Å². The maximum absolute atomic E-state index is 11.1. The van der Waals surface area contributed by atoms with Crippen LogP contribution in [0, 0.1) is 0 Å². The van der Waals surface area contributed by atoms with Gasteiger partial charge in [-0.15, -0.1) is 0 Å². The summed E-state index contributed by atoms with van der Waals surface area (Å²) in [5, 5.41) is 17.2. The lowest BCUT2D eigenvalue weighted by Crippen LogP contribution is -2.11. The lowest BCUT2D eigenvalue weighted by molar-refractivity contribution is 0.475. The normalized spacial score (nSPS) is 11.2. The summed E-state index contributed by atoms with van der Waals surface area (Å²) in [5.41, 5.74) is 1.52. The molecule has 5 nitrogen and oxygen atoms in total. The van der Waals surface area contributed by atoms with Crippen LogP contribution in [-0.2, 0) is 10.0 Å². The number of sulfonamides is 1. The predicted molar refractivity (Wildman–Crippen MR) is 69.2 cm³/mol. The van der Waals surface area contributed by atoms with Crippen LogP contribution in [0.15, 0.2) is 53.4 Å². The lowest BCUT2D eigenvalue weighted by atomic mass is 10.2. The molecule has 94 valence electrons. The summed E-state index contributed by atoms with van der Waals surface area (Å²) in [5.74, 6) is 0.185. The van der Waals surface area contributed by atoms with Gasteiger partial charge in [0.2, 0.25) is 10.0 Å². The number of nitrogens with one attached hydrogen (secondary N) is 1. The van der Waals surface area contributed by atoms with Gasteiger partial charge >= 0.3 is 0 Å². The zero-order valence-electron chi connectivity index (χ0n) is 9.37. The van der Waals surface area contributed by atoms with Gasteiger partial charge in [0.1, 0.15) is 5.75 Å². The standard InChI is InChI=1S/C12H12N2O3S/c13-18(16,17)12-7-3-10(4-8-12)14-9-1-5-11(15)6-2-9/h1-8,14-15H,(H2,13,16,17). The van der Waals surface area contributed by atoms with Crippen LogP contribution >= 0.6 is 0 Å². The van der Waals surface area contributed by atoms with Crippen LogP contribution in [-0.4, -0.2) is 13.5 Å². The number of hydrogen-bond donors (Lipinski definition) is 3. The fourth-order valence-electron chi connectivity index (χ4n) is 1.44. The predicted octanol–water partition coefficient (Wildman–Crippen LogP) is 1.78. The first-order valence-corrected chi connectivity index (χ1v) is 6.69. The van der Waals surface area contributed by atoms with Crippen molar-refractivity contribution in [3.8, 4) is 5.75 Å². The molecule has 4 N–H and O–H groups in total. The van der Waals surface area contributed by atoms with Crippen molar-refractivity contribution >= 4 is 21.4 Å². The van der Waals surface area contributed by atoms with Gasteiger partial charge in [0.05, 0.1) is 4.90 Å². The molecule has 0 heterocycles. The summed E-state index contributed by atoms with van der Waals surface area (Å²) in [6.07, 6.45) is 0. The molecular formula is C12H12N2O3S. The van der Waals surface area contributed by atoms with Gasteiger partial charge in [0.25, 0.3) is 0 Å². The number of benzene rings is 2. The number of nitrogens with two attached hydrogens (primary N) is 1. The van der Waals surface area contributed by atoms with Crippen molar-refractivity contribution in [3.63, 3.8) is 0 Å². The molecule has 0 atom stereocenters. The molecule has 0 saturated heterocycles. The minimum absolute atomic E-state index is 0.0683. The molecule has 0 spiro atoms. The number of phenolic OH excluding ortho intramolecular Hbond substituents is 1. The molecule has 0 unspecified atom stereocenters. The minimum atomic E-state index is -3.66. The van der Waals surface area contributed by atoms with E-state index < -0.39 is 10.0 Å². The molecule has 2 aromatic carbocycles. The monoisotopic (exact) mass is 264 g/mol. The molecule has 2 rings (SSSR count). The van der Waals surface area contributed by atoms with Crippen molar-refractivity contribution < 1.29 is 13.5 Å². The van der Waals surface area contributed by atoms with E-state index in [4.69, 9.17) is 10.2 Å². The lowest BCUT2D eigenvalue weighted by Gasteiger charge is -2.07. The number of phenols is 1. The van der Waals surface area contributed by atoms with Crippen molar-refractivity contribution in [2.75, 3.05) is 5.32 Å². The molecule has 0 aliphatic heterocycles. The Morgan fingerprint density at radius 3 is 1.78 bits per heavy atom. The van der Waals surface area contributed by atoms with E-state index in [0.29, 0.717) is 0 Å². The Kier molecular flexibility index (Phi) is 3.22. The van der Waals surface area contributed by atoms with Crippen LogP contribution in [0.5, 0.6) is 5.75 Å². The van der Waals surface area contributed by atoms with Crippen molar-refractivity contribution in [2.24, 2.45) is 5.14 Å². The Labute approximate surface area is 105 Å². The van der Waals surface area contributed by atoms with Crippen LogP contribution in [0.4, 0.5) is 11.4 Å². The zero-order valence-corrected chi connectivity index (χ0v) is 10.2. The van der Waals surface area contributed by atoms with Gasteiger partial charge in [-0.05, 0) is 48.5 Å². The Bertz CT molecular complexity index is 634. The molecule has 0 radical (unpaired) electrons. The van der Waals surface area contributed by atoms with E-state index in [1.807, 2.05) is 0 Å². The van der Waals surface area contributed by atoms with E-state index in [0.717, 1.165) is 11.4 Å². The average Bonchev–Trinajstić information content (AvgIpc) is 2.32. The highest BCUT2D eigenvalue weighted by molar-refractivity contribution is 7.89. The largest absolute Gasteiger partial charge is 0.508 e. The van der Waals surface area contributed by atoms with Gasteiger partial charge in [-0.25, -0.2) is 13.6 Å². The second-order valence-corrected chi connectivity index (χ2v) is 5.30. The number of rotatable bonds is 3. The third kappa shape index (κ3) is 2.99. The van der Waals surface area contributed by atoms with E-state index in [-0.39, 0.29) is 10.6 Å². The smallest absolute Gasteiger partial charge is 0.238 e. The molecular weight excluding hydrogens is 252 g/mol. The molecule has 0 aliphatic rings. The molecule has 0 aromatic heterocycles. The SMILES string of the molecule is NS(=O)(=O)c1ccc(Nc2ccc(O)cc2)cc1. The van der Waals surface area contributed by atoms with Gasteiger partial charge in [0.15, 0.2) is 0 Å². The average molecular weight is 264 g/mol. The summed E-state index contributed by atoms with van der Waals surface area (Å²) in [4.78, 5) is 0.0683. The van der Waals surface area contributed by atoms with E-state index in [1.54, 1.807) is 36.4 Å². The Hall–Kier alpha value is -2.05. The van der Waals surface area contributed by atoms with Gasteiger partial charge in [-0.2, -0.15) is 0 Å². The van der Waals surface area contributed by atoms with Gasteiger partial charge in [-0.3, -0.25) is 0 Å². The quantitative estimate of drug-likeness (QED) is 0.737. The Morgan fingerprint density at radius 2 is 1.33 bits per heavy atom. The molecule has 0 fully saturated rings. The van der Waals surface area contributed by atoms with Crippen LogP contribution in [0.25, 0.3) is 0 Å². The van der Waals surface area contributed by atoms with E-state index >= 15 is 0 Å². The highest BCUT2D eigenvalue weighted by atomic mass is 32.2. The summed E-state index contributed by atoms with van der Waals surface area (Å²) < 4.78 is 22.1. The highest BCUT2D eigenvalue weighted by Crippen LogP contribution is 2.20. The summed E-state index contributed by atoms with van der Waals surface area (Å²) in [7, 11) is -3.66. The van der Waals surface area contributed by atoms with Gasteiger partial charge < -0.3 is 10.4 Å². The first-order valence-electron chi connectivity index (χ1n) is 5.14. The first kappa shape index (κ1) is 12.4. The summed E-state index contributed by atoms with van der Waals surface area (Å²) in [6.45, 7) is 0. The number of aromatic hydroxyl groups is 1. The van der Waals surface area contributed by atoms with Crippen LogP contribution in [0.1, 0.15) is 0 Å². The Balaban J connectivity index is 2.18. The third-order valence-corrected chi connectivity index (χ3v) is 3.27. The maximum Gasteiger partial charge on any atom is 0.238 e. The molecule has 0 saturated carbocycles. The second kappa shape index (κ2) is 4.67. The van der Waals surface area contributed by atoms with Gasteiger partial charge in [0, 0.05) is 11.4 Å². The van der Waals surface area contributed by atoms with E-state index in [9.17, 15) is 8.42 Å². The number of hydrogen-bond acceptors (Lipinski definition) is 4. The first-order chi connectivity index (χ1) is 8.45. The van der Waals surface area contributed by atoms with Crippen LogP contribution in [0.2, 0.25) is 0 Å². The molecule has 18 heavy (non-hydrogen) atoms. The topological polar surface area (TPSA) is 92.4 Å². The van der Waals surface area contributed by atoms with Crippen molar-refractivity contribution in [2.45, 2.75) is 4.90 Å². The second-order valence-electron chi connectivity index (χ2n) is 3.74. The van der Waals surface area contributed by atoms with Crippen molar-refractivity contribution in [1.82, 2.24) is 0 Å². The molecule has 0 bridgehead atoms.